The highest BCUT2D eigenvalue weighted by molar-refractivity contribution is 5.91. The average Bonchev–Trinajstić information content (AvgIpc) is 2.36. The summed E-state index contributed by atoms with van der Waals surface area (Å²) in [7, 11) is 0. The van der Waals surface area contributed by atoms with Gasteiger partial charge in [-0.3, -0.25) is 0 Å². The Balaban J connectivity index is 2.18. The molecule has 1 heterocycles. The van der Waals surface area contributed by atoms with Crippen molar-refractivity contribution < 1.29 is 9.53 Å². The molecule has 0 radical (unpaired) electrons. The summed E-state index contributed by atoms with van der Waals surface area (Å²) in [5, 5.41) is 0. The van der Waals surface area contributed by atoms with Gasteiger partial charge in [-0.05, 0) is 12.8 Å². The van der Waals surface area contributed by atoms with Crippen LogP contribution in [0, 0.1) is 0 Å². The first-order valence-corrected chi connectivity index (χ1v) is 4.08. The van der Waals surface area contributed by atoms with E-state index in [-0.39, 0.29) is 5.97 Å². The number of carbonyl (C=O) groups excluding carboxylic acids is 1. The molecular weight excluding hydrogens is 142 g/mol. The Labute approximate surface area is 65.5 Å². The van der Waals surface area contributed by atoms with Crippen LogP contribution in [0.5, 0.6) is 0 Å². The minimum absolute atomic E-state index is 0.141. The molecule has 0 amide bonds. The van der Waals surface area contributed by atoms with Gasteiger partial charge in [0.15, 0.2) is 11.9 Å². The van der Waals surface area contributed by atoms with E-state index in [9.17, 15) is 4.79 Å². The number of cyclic esters (lactones) is 1. The number of hydrogen-bond acceptors (Lipinski definition) is 3. The molecule has 1 aliphatic heterocycles. The van der Waals surface area contributed by atoms with Gasteiger partial charge < -0.3 is 4.74 Å². The zero-order chi connectivity index (χ0) is 7.73. The quantitative estimate of drug-likeness (QED) is 0.491. The molecule has 0 N–H and O–H groups in total. The Morgan fingerprint density at radius 2 is 2.09 bits per heavy atom. The number of ether oxygens (including phenoxy) is 1. The molecule has 1 aliphatic carbocycles. The average molecular weight is 153 g/mol. The van der Waals surface area contributed by atoms with E-state index in [4.69, 9.17) is 4.74 Å². The largest absolute Gasteiger partial charge is 0.413 e. The van der Waals surface area contributed by atoms with E-state index >= 15 is 0 Å². The summed E-state index contributed by atoms with van der Waals surface area (Å²) in [5.41, 5.74) is -0.460. The molecule has 1 spiro atoms. The second kappa shape index (κ2) is 2.32. The van der Waals surface area contributed by atoms with Crippen LogP contribution in [0.3, 0.4) is 0 Å². The van der Waals surface area contributed by atoms with E-state index < -0.39 is 5.54 Å². The summed E-state index contributed by atoms with van der Waals surface area (Å²) in [4.78, 5) is 15.3. The highest BCUT2D eigenvalue weighted by atomic mass is 16.5. The van der Waals surface area contributed by atoms with Gasteiger partial charge in [0.05, 0.1) is 0 Å². The van der Waals surface area contributed by atoms with E-state index in [1.54, 1.807) is 0 Å². The molecular formula is C8H11NO2. The van der Waals surface area contributed by atoms with Crippen molar-refractivity contribution in [3.8, 4) is 0 Å². The van der Waals surface area contributed by atoms with E-state index in [0.717, 1.165) is 25.7 Å². The first-order chi connectivity index (χ1) is 5.33. The molecule has 0 unspecified atom stereocenters. The Bertz CT molecular complexity index is 204. The molecule has 2 rings (SSSR count). The second-order valence-electron chi connectivity index (χ2n) is 3.23. The van der Waals surface area contributed by atoms with Crippen molar-refractivity contribution in [2.24, 2.45) is 4.99 Å². The molecule has 2 aliphatic rings. The SMILES string of the molecule is O=C1OC=NC12CCCCC2. The van der Waals surface area contributed by atoms with Crippen LogP contribution in [-0.2, 0) is 9.53 Å². The predicted octanol–water partition coefficient (Wildman–Crippen LogP) is 1.27. The van der Waals surface area contributed by atoms with Crippen LogP contribution in [-0.4, -0.2) is 17.9 Å². The lowest BCUT2D eigenvalue weighted by molar-refractivity contribution is -0.139. The number of hydrogen-bond donors (Lipinski definition) is 0. The highest BCUT2D eigenvalue weighted by Crippen LogP contribution is 2.34. The van der Waals surface area contributed by atoms with Gasteiger partial charge in [-0.1, -0.05) is 19.3 Å². The van der Waals surface area contributed by atoms with Crippen molar-refractivity contribution in [3.05, 3.63) is 0 Å². The van der Waals surface area contributed by atoms with Crippen LogP contribution >= 0.6 is 0 Å². The zero-order valence-electron chi connectivity index (χ0n) is 6.38. The van der Waals surface area contributed by atoms with Crippen molar-refractivity contribution in [2.75, 3.05) is 0 Å². The minimum atomic E-state index is -0.460. The smallest absolute Gasteiger partial charge is 0.340 e. The fourth-order valence-corrected chi connectivity index (χ4v) is 1.81. The summed E-state index contributed by atoms with van der Waals surface area (Å²) >= 11 is 0. The summed E-state index contributed by atoms with van der Waals surface area (Å²) in [6, 6.07) is 0. The third-order valence-corrected chi connectivity index (χ3v) is 2.52. The van der Waals surface area contributed by atoms with Crippen LogP contribution in [0.4, 0.5) is 0 Å². The minimum Gasteiger partial charge on any atom is -0.413 e. The number of aliphatic imine (C=N–C) groups is 1. The second-order valence-corrected chi connectivity index (χ2v) is 3.23. The molecule has 60 valence electrons. The summed E-state index contributed by atoms with van der Waals surface area (Å²) in [6.07, 6.45) is 6.49. The van der Waals surface area contributed by atoms with Crippen molar-refractivity contribution >= 4 is 12.4 Å². The van der Waals surface area contributed by atoms with Gasteiger partial charge in [0, 0.05) is 0 Å². The normalized spacial score (nSPS) is 27.5. The maximum atomic E-state index is 11.2. The maximum Gasteiger partial charge on any atom is 0.340 e. The Morgan fingerprint density at radius 1 is 1.36 bits per heavy atom. The first kappa shape index (κ1) is 6.83. The van der Waals surface area contributed by atoms with Crippen LogP contribution in [0.1, 0.15) is 32.1 Å². The molecule has 0 atom stereocenters. The zero-order valence-corrected chi connectivity index (χ0v) is 6.38. The van der Waals surface area contributed by atoms with Gasteiger partial charge in [-0.2, -0.15) is 0 Å². The standard InChI is InChI=1S/C8H11NO2/c10-7-8(9-6-11-7)4-2-1-3-5-8/h6H,1-5H2. The van der Waals surface area contributed by atoms with Crippen LogP contribution < -0.4 is 0 Å². The lowest BCUT2D eigenvalue weighted by Crippen LogP contribution is -2.35. The number of esters is 1. The van der Waals surface area contributed by atoms with Gasteiger partial charge in [0.25, 0.3) is 0 Å². The summed E-state index contributed by atoms with van der Waals surface area (Å²) in [6.45, 7) is 0. The molecule has 1 fully saturated rings. The molecule has 1 saturated carbocycles. The number of nitrogens with zero attached hydrogens (tertiary/aromatic N) is 1. The summed E-state index contributed by atoms with van der Waals surface area (Å²) in [5.74, 6) is -0.141. The molecule has 0 aromatic carbocycles. The van der Waals surface area contributed by atoms with Gasteiger partial charge in [-0.15, -0.1) is 0 Å². The molecule has 3 nitrogen and oxygen atoms in total. The monoisotopic (exact) mass is 153 g/mol. The fraction of sp³-hybridized carbons (Fsp3) is 0.750. The molecule has 3 heteroatoms. The van der Waals surface area contributed by atoms with Crippen molar-refractivity contribution in [1.29, 1.82) is 0 Å². The van der Waals surface area contributed by atoms with Crippen LogP contribution in [0.15, 0.2) is 4.99 Å². The van der Waals surface area contributed by atoms with E-state index in [0.29, 0.717) is 0 Å². The number of rotatable bonds is 0. The maximum absolute atomic E-state index is 11.2. The molecule has 0 aromatic heterocycles. The Morgan fingerprint density at radius 3 is 2.64 bits per heavy atom. The van der Waals surface area contributed by atoms with Crippen LogP contribution in [0.25, 0.3) is 0 Å². The van der Waals surface area contributed by atoms with Gasteiger partial charge in [-0.25, -0.2) is 9.79 Å². The van der Waals surface area contributed by atoms with Crippen LogP contribution in [0.2, 0.25) is 0 Å². The summed E-state index contributed by atoms with van der Waals surface area (Å²) < 4.78 is 4.72. The molecule has 0 aromatic rings. The van der Waals surface area contributed by atoms with E-state index in [1.165, 1.54) is 12.8 Å². The molecule has 0 bridgehead atoms. The highest BCUT2D eigenvalue weighted by Gasteiger charge is 2.43. The predicted molar refractivity (Wildman–Crippen MR) is 40.4 cm³/mol. The topological polar surface area (TPSA) is 38.7 Å². The lowest BCUT2D eigenvalue weighted by Gasteiger charge is -2.25. The van der Waals surface area contributed by atoms with Crippen molar-refractivity contribution in [3.63, 3.8) is 0 Å². The molecule has 0 saturated heterocycles. The van der Waals surface area contributed by atoms with Gasteiger partial charge in [0.2, 0.25) is 0 Å². The lowest BCUT2D eigenvalue weighted by atomic mass is 9.83. The number of carbonyl (C=O) groups is 1. The Kier molecular flexibility index (Phi) is 1.44. The van der Waals surface area contributed by atoms with Crippen molar-refractivity contribution in [2.45, 2.75) is 37.6 Å². The van der Waals surface area contributed by atoms with E-state index in [2.05, 4.69) is 4.99 Å². The fourth-order valence-electron chi connectivity index (χ4n) is 1.81. The third-order valence-electron chi connectivity index (χ3n) is 2.52. The molecule has 11 heavy (non-hydrogen) atoms. The van der Waals surface area contributed by atoms with Crippen molar-refractivity contribution in [1.82, 2.24) is 0 Å². The Hall–Kier alpha value is -0.860. The van der Waals surface area contributed by atoms with Gasteiger partial charge >= 0.3 is 5.97 Å². The first-order valence-electron chi connectivity index (χ1n) is 4.08. The van der Waals surface area contributed by atoms with Gasteiger partial charge in [0.1, 0.15) is 0 Å². The third kappa shape index (κ3) is 0.951. The van der Waals surface area contributed by atoms with E-state index in [1.807, 2.05) is 0 Å².